The van der Waals surface area contributed by atoms with E-state index in [1.165, 1.54) is 5.39 Å². The lowest BCUT2D eigenvalue weighted by molar-refractivity contribution is 0.766. The van der Waals surface area contributed by atoms with Gasteiger partial charge in [-0.15, -0.1) is 0 Å². The van der Waals surface area contributed by atoms with Crippen LogP contribution in [0.5, 0.6) is 0 Å². The van der Waals surface area contributed by atoms with Gasteiger partial charge in [0.1, 0.15) is 5.82 Å². The largest absolute Gasteiger partial charge is 0.355 e. The molecule has 3 aromatic rings. The van der Waals surface area contributed by atoms with Crippen LogP contribution in [0.15, 0.2) is 42.9 Å². The molecule has 0 aliphatic heterocycles. The Morgan fingerprint density at radius 2 is 1.95 bits per heavy atom. The minimum atomic E-state index is 0.500. The number of hydrogen-bond donors (Lipinski definition) is 1. The molecule has 5 nitrogen and oxygen atoms in total. The van der Waals surface area contributed by atoms with Gasteiger partial charge >= 0.3 is 0 Å². The molecule has 5 heteroatoms. The van der Waals surface area contributed by atoms with Gasteiger partial charge in [0.05, 0.1) is 6.20 Å². The molecule has 0 atom stereocenters. The van der Waals surface area contributed by atoms with Gasteiger partial charge in [-0.2, -0.15) is 5.10 Å². The summed E-state index contributed by atoms with van der Waals surface area (Å²) in [6.07, 6.45) is 5.78. The molecule has 2 heterocycles. The highest BCUT2D eigenvalue weighted by atomic mass is 15.2. The maximum absolute atomic E-state index is 5.80. The Morgan fingerprint density at radius 3 is 2.62 bits per heavy atom. The number of aryl methyl sites for hydroxylation is 1. The third-order valence-corrected chi connectivity index (χ3v) is 3.62. The van der Waals surface area contributed by atoms with Crippen LogP contribution in [0, 0.1) is 0 Å². The van der Waals surface area contributed by atoms with Gasteiger partial charge in [0.15, 0.2) is 0 Å². The molecule has 0 radical (unpaired) electrons. The van der Waals surface area contributed by atoms with Gasteiger partial charge in [-0.3, -0.25) is 4.68 Å². The van der Waals surface area contributed by atoms with Crippen molar-refractivity contribution in [1.29, 1.82) is 0 Å². The van der Waals surface area contributed by atoms with E-state index in [-0.39, 0.29) is 0 Å². The zero-order chi connectivity index (χ0) is 14.8. The van der Waals surface area contributed by atoms with Gasteiger partial charge in [0, 0.05) is 50.5 Å². The van der Waals surface area contributed by atoms with Crippen LogP contribution in [0.3, 0.4) is 0 Å². The quantitative estimate of drug-likeness (QED) is 0.795. The second kappa shape index (κ2) is 5.54. The second-order valence-electron chi connectivity index (χ2n) is 5.24. The predicted octanol–water partition coefficient (Wildman–Crippen LogP) is 2.06. The summed E-state index contributed by atoms with van der Waals surface area (Å²) in [5.74, 6) is 0.964. The summed E-state index contributed by atoms with van der Waals surface area (Å²) in [4.78, 5) is 6.74. The summed E-state index contributed by atoms with van der Waals surface area (Å²) >= 11 is 0. The van der Waals surface area contributed by atoms with E-state index in [4.69, 9.17) is 5.73 Å². The van der Waals surface area contributed by atoms with E-state index in [9.17, 15) is 0 Å². The summed E-state index contributed by atoms with van der Waals surface area (Å²) in [5.41, 5.74) is 8.04. The first-order valence-electron chi connectivity index (χ1n) is 6.94. The highest BCUT2D eigenvalue weighted by Gasteiger charge is 2.11. The van der Waals surface area contributed by atoms with E-state index in [0.29, 0.717) is 6.54 Å². The van der Waals surface area contributed by atoms with E-state index in [2.05, 4.69) is 27.1 Å². The summed E-state index contributed by atoms with van der Waals surface area (Å²) in [7, 11) is 3.97. The van der Waals surface area contributed by atoms with Gasteiger partial charge in [0.25, 0.3) is 0 Å². The summed E-state index contributed by atoms with van der Waals surface area (Å²) in [6, 6.07) is 8.26. The lowest BCUT2D eigenvalue weighted by Crippen LogP contribution is -2.18. The van der Waals surface area contributed by atoms with Crippen molar-refractivity contribution in [3.8, 4) is 0 Å². The number of benzene rings is 1. The van der Waals surface area contributed by atoms with Crippen molar-refractivity contribution in [2.45, 2.75) is 13.1 Å². The molecular formula is C16H19N5. The number of nitrogens with two attached hydrogens (primary N) is 1. The number of fused-ring (bicyclic) bond motifs is 1. The molecule has 1 aromatic carbocycles. The smallest absolute Gasteiger partial charge is 0.136 e. The number of anilines is 1. The zero-order valence-electron chi connectivity index (χ0n) is 12.3. The Hall–Kier alpha value is -2.40. The van der Waals surface area contributed by atoms with Crippen molar-refractivity contribution in [3.05, 3.63) is 54.0 Å². The number of nitrogens with zero attached hydrogens (tertiary/aromatic N) is 4. The fraction of sp³-hybridized carbons (Fsp3) is 0.250. The molecule has 0 unspecified atom stereocenters. The third-order valence-electron chi connectivity index (χ3n) is 3.62. The summed E-state index contributed by atoms with van der Waals surface area (Å²) in [6.45, 7) is 1.27. The Kier molecular flexibility index (Phi) is 3.58. The SMILES string of the molecule is CN(Cc1cnn(C)c1)c1ncc(CN)c2ccccc12. The lowest BCUT2D eigenvalue weighted by atomic mass is 10.1. The zero-order valence-corrected chi connectivity index (χ0v) is 12.3. The molecule has 108 valence electrons. The van der Waals surface area contributed by atoms with Crippen LogP contribution >= 0.6 is 0 Å². The standard InChI is InChI=1S/C16H19N5/c1-20(10-12-8-19-21(2)11-12)16-15-6-4-3-5-14(15)13(7-17)9-18-16/h3-6,8-9,11H,7,10,17H2,1-2H3. The van der Waals surface area contributed by atoms with Crippen LogP contribution in [0.2, 0.25) is 0 Å². The third kappa shape index (κ3) is 2.60. The minimum absolute atomic E-state index is 0.500. The van der Waals surface area contributed by atoms with Crippen LogP contribution in [-0.4, -0.2) is 21.8 Å². The van der Waals surface area contributed by atoms with E-state index in [0.717, 1.165) is 28.9 Å². The van der Waals surface area contributed by atoms with Crippen molar-refractivity contribution in [3.63, 3.8) is 0 Å². The van der Waals surface area contributed by atoms with Crippen LogP contribution in [0.1, 0.15) is 11.1 Å². The molecule has 2 aromatic heterocycles. The fourth-order valence-corrected chi connectivity index (χ4v) is 2.61. The average Bonchev–Trinajstić information content (AvgIpc) is 2.91. The summed E-state index contributed by atoms with van der Waals surface area (Å²) < 4.78 is 1.81. The molecular weight excluding hydrogens is 262 g/mol. The monoisotopic (exact) mass is 281 g/mol. The van der Waals surface area contributed by atoms with E-state index < -0.39 is 0 Å². The minimum Gasteiger partial charge on any atom is -0.355 e. The van der Waals surface area contributed by atoms with Crippen molar-refractivity contribution in [2.75, 3.05) is 11.9 Å². The second-order valence-corrected chi connectivity index (χ2v) is 5.24. The molecule has 0 spiro atoms. The fourth-order valence-electron chi connectivity index (χ4n) is 2.61. The Bertz CT molecular complexity index is 762. The topological polar surface area (TPSA) is 60.0 Å². The molecule has 0 fully saturated rings. The first-order chi connectivity index (χ1) is 10.2. The van der Waals surface area contributed by atoms with Gasteiger partial charge in [-0.1, -0.05) is 24.3 Å². The maximum atomic E-state index is 5.80. The Morgan fingerprint density at radius 1 is 1.19 bits per heavy atom. The first kappa shape index (κ1) is 13.6. The van der Waals surface area contributed by atoms with Gasteiger partial charge in [-0.25, -0.2) is 4.98 Å². The highest BCUT2D eigenvalue weighted by molar-refractivity contribution is 5.94. The summed E-state index contributed by atoms with van der Waals surface area (Å²) in [5, 5.41) is 6.51. The number of hydrogen-bond acceptors (Lipinski definition) is 4. The van der Waals surface area contributed by atoms with E-state index in [1.54, 1.807) is 0 Å². The van der Waals surface area contributed by atoms with Crippen molar-refractivity contribution < 1.29 is 0 Å². The molecule has 3 rings (SSSR count). The van der Waals surface area contributed by atoms with E-state index in [1.807, 2.05) is 49.5 Å². The maximum Gasteiger partial charge on any atom is 0.136 e. The number of pyridine rings is 1. The van der Waals surface area contributed by atoms with Crippen LogP contribution in [0.4, 0.5) is 5.82 Å². The molecule has 0 aliphatic carbocycles. The molecule has 0 bridgehead atoms. The molecule has 0 saturated heterocycles. The molecule has 2 N–H and O–H groups in total. The molecule has 0 aliphatic rings. The Balaban J connectivity index is 2.00. The van der Waals surface area contributed by atoms with Crippen molar-refractivity contribution >= 4 is 16.6 Å². The van der Waals surface area contributed by atoms with Crippen molar-refractivity contribution in [2.24, 2.45) is 12.8 Å². The number of rotatable bonds is 4. The molecule has 0 saturated carbocycles. The highest BCUT2D eigenvalue weighted by Crippen LogP contribution is 2.27. The van der Waals surface area contributed by atoms with E-state index >= 15 is 0 Å². The first-order valence-corrected chi connectivity index (χ1v) is 6.94. The van der Waals surface area contributed by atoms with Crippen LogP contribution in [-0.2, 0) is 20.1 Å². The van der Waals surface area contributed by atoms with Gasteiger partial charge < -0.3 is 10.6 Å². The normalized spacial score (nSPS) is 11.0. The molecule has 0 amide bonds. The Labute approximate surface area is 124 Å². The molecule has 21 heavy (non-hydrogen) atoms. The predicted molar refractivity (Wildman–Crippen MR) is 84.9 cm³/mol. The average molecular weight is 281 g/mol. The lowest BCUT2D eigenvalue weighted by Gasteiger charge is -2.20. The van der Waals surface area contributed by atoms with Gasteiger partial charge in [0.2, 0.25) is 0 Å². The van der Waals surface area contributed by atoms with Crippen molar-refractivity contribution in [1.82, 2.24) is 14.8 Å². The van der Waals surface area contributed by atoms with Crippen LogP contribution in [0.25, 0.3) is 10.8 Å². The van der Waals surface area contributed by atoms with Crippen LogP contribution < -0.4 is 10.6 Å². The van der Waals surface area contributed by atoms with Gasteiger partial charge in [-0.05, 0) is 10.9 Å². The number of aromatic nitrogens is 3.